The molecule has 0 saturated heterocycles. The highest BCUT2D eigenvalue weighted by Crippen LogP contribution is 2.32. The molecule has 0 bridgehead atoms. The van der Waals surface area contributed by atoms with E-state index in [-0.39, 0.29) is 24.9 Å². The number of anilines is 1. The summed E-state index contributed by atoms with van der Waals surface area (Å²) in [4.78, 5) is 23.3. The van der Waals surface area contributed by atoms with Crippen molar-refractivity contribution < 1.29 is 19.1 Å². The van der Waals surface area contributed by atoms with Crippen molar-refractivity contribution in [3.63, 3.8) is 0 Å². The molecule has 8 heteroatoms. The normalized spacial score (nSPS) is 15.8. The van der Waals surface area contributed by atoms with Crippen molar-refractivity contribution in [2.45, 2.75) is 37.6 Å². The lowest BCUT2D eigenvalue weighted by Crippen LogP contribution is -2.52. The quantitative estimate of drug-likeness (QED) is 0.714. The van der Waals surface area contributed by atoms with Crippen molar-refractivity contribution in [2.75, 3.05) is 19.0 Å². The highest BCUT2D eigenvalue weighted by atomic mass is 35.5. The van der Waals surface area contributed by atoms with Crippen LogP contribution < -0.4 is 26.3 Å². The third-order valence-electron chi connectivity index (χ3n) is 3.99. The highest BCUT2D eigenvalue weighted by Gasteiger charge is 2.35. The van der Waals surface area contributed by atoms with Crippen molar-refractivity contribution in [2.24, 2.45) is 11.5 Å². The Morgan fingerprint density at radius 2 is 1.88 bits per heavy atom. The van der Waals surface area contributed by atoms with Gasteiger partial charge in [-0.3, -0.25) is 9.59 Å². The van der Waals surface area contributed by atoms with Gasteiger partial charge in [-0.05, 0) is 25.0 Å². The third kappa shape index (κ3) is 5.01. The summed E-state index contributed by atoms with van der Waals surface area (Å²) in [6, 6.07) is 4.93. The number of hydrogen-bond donors (Lipinski definition) is 3. The van der Waals surface area contributed by atoms with Crippen LogP contribution in [0.25, 0.3) is 0 Å². The van der Waals surface area contributed by atoms with Crippen LogP contribution in [0.3, 0.4) is 0 Å². The summed E-state index contributed by atoms with van der Waals surface area (Å²) in [5.41, 5.74) is 11.0. The van der Waals surface area contributed by atoms with Gasteiger partial charge >= 0.3 is 0 Å². The van der Waals surface area contributed by atoms with Gasteiger partial charge in [0.1, 0.15) is 0 Å². The van der Waals surface area contributed by atoms with Crippen LogP contribution in [0.2, 0.25) is 0 Å². The number of carbonyl (C=O) groups is 2. The van der Waals surface area contributed by atoms with Crippen molar-refractivity contribution in [1.82, 2.24) is 0 Å². The summed E-state index contributed by atoms with van der Waals surface area (Å²) in [5, 5.41) is 2.82. The zero-order chi connectivity index (χ0) is 16.9. The van der Waals surface area contributed by atoms with Crippen molar-refractivity contribution in [3.8, 4) is 11.5 Å². The fourth-order valence-electron chi connectivity index (χ4n) is 2.68. The van der Waals surface area contributed by atoms with Crippen LogP contribution in [0.5, 0.6) is 11.5 Å². The molecule has 1 aromatic rings. The van der Waals surface area contributed by atoms with Gasteiger partial charge in [0.15, 0.2) is 18.1 Å². The lowest BCUT2D eigenvalue weighted by atomic mass is 9.82. The van der Waals surface area contributed by atoms with E-state index >= 15 is 0 Å². The SMILES string of the molecule is COc1ccc(NC(=O)C2(N)CCCCC2)cc1OCC(N)=O.Cl. The minimum Gasteiger partial charge on any atom is -0.493 e. The maximum atomic E-state index is 12.4. The zero-order valence-electron chi connectivity index (χ0n) is 13.7. The minimum absolute atomic E-state index is 0. The monoisotopic (exact) mass is 357 g/mol. The molecule has 2 amide bonds. The van der Waals surface area contributed by atoms with E-state index in [0.717, 1.165) is 19.3 Å². The average molecular weight is 358 g/mol. The Balaban J connectivity index is 0.00000288. The molecule has 0 aromatic heterocycles. The molecule has 0 heterocycles. The smallest absolute Gasteiger partial charge is 0.255 e. The van der Waals surface area contributed by atoms with Gasteiger partial charge in [0, 0.05) is 11.8 Å². The number of benzene rings is 1. The molecule has 1 fully saturated rings. The van der Waals surface area contributed by atoms with Gasteiger partial charge in [-0.2, -0.15) is 0 Å². The fraction of sp³-hybridized carbons (Fsp3) is 0.500. The van der Waals surface area contributed by atoms with Crippen molar-refractivity contribution in [3.05, 3.63) is 18.2 Å². The molecule has 1 aliphatic carbocycles. The summed E-state index contributed by atoms with van der Waals surface area (Å²) in [5.74, 6) is -0.0176. The number of methoxy groups -OCH3 is 1. The van der Waals surface area contributed by atoms with Gasteiger partial charge in [-0.25, -0.2) is 0 Å². The predicted molar refractivity (Wildman–Crippen MR) is 93.6 cm³/mol. The summed E-state index contributed by atoms with van der Waals surface area (Å²) >= 11 is 0. The number of rotatable bonds is 6. The molecule has 0 spiro atoms. The largest absolute Gasteiger partial charge is 0.493 e. The molecule has 7 nitrogen and oxygen atoms in total. The third-order valence-corrected chi connectivity index (χ3v) is 3.99. The van der Waals surface area contributed by atoms with Crippen molar-refractivity contribution in [1.29, 1.82) is 0 Å². The number of ether oxygens (including phenoxy) is 2. The molecular weight excluding hydrogens is 334 g/mol. The molecule has 2 rings (SSSR count). The maximum Gasteiger partial charge on any atom is 0.255 e. The lowest BCUT2D eigenvalue weighted by molar-refractivity contribution is -0.122. The fourth-order valence-corrected chi connectivity index (χ4v) is 2.68. The van der Waals surface area contributed by atoms with E-state index in [4.69, 9.17) is 20.9 Å². The summed E-state index contributed by atoms with van der Waals surface area (Å²) < 4.78 is 10.5. The van der Waals surface area contributed by atoms with Crippen LogP contribution in [0.1, 0.15) is 32.1 Å². The Bertz CT molecular complexity index is 589. The molecule has 0 atom stereocenters. The zero-order valence-corrected chi connectivity index (χ0v) is 14.5. The number of primary amides is 1. The Labute approximate surface area is 147 Å². The average Bonchev–Trinajstić information content (AvgIpc) is 2.53. The summed E-state index contributed by atoms with van der Waals surface area (Å²) in [7, 11) is 1.49. The van der Waals surface area contributed by atoms with E-state index < -0.39 is 11.4 Å². The van der Waals surface area contributed by atoms with E-state index in [1.54, 1.807) is 18.2 Å². The van der Waals surface area contributed by atoms with Crippen molar-refractivity contribution >= 4 is 29.9 Å². The second-order valence-electron chi connectivity index (χ2n) is 5.79. The molecule has 24 heavy (non-hydrogen) atoms. The van der Waals surface area contributed by atoms with Crippen LogP contribution in [-0.4, -0.2) is 31.1 Å². The van der Waals surface area contributed by atoms with E-state index in [1.165, 1.54) is 7.11 Å². The maximum absolute atomic E-state index is 12.4. The van der Waals surface area contributed by atoms with Crippen LogP contribution in [-0.2, 0) is 9.59 Å². The standard InChI is InChI=1S/C16H23N3O4.ClH/c1-22-12-6-5-11(9-13(12)23-10-14(17)20)19-15(21)16(18)7-3-2-4-8-16;/h5-6,9H,2-4,7-8,10,18H2,1H3,(H2,17,20)(H,19,21);1H. The van der Waals surface area contributed by atoms with E-state index in [1.807, 2.05) is 0 Å². The number of halogens is 1. The number of carbonyl (C=O) groups excluding carboxylic acids is 2. The molecule has 0 aliphatic heterocycles. The second-order valence-corrected chi connectivity index (χ2v) is 5.79. The number of nitrogens with two attached hydrogens (primary N) is 2. The molecular formula is C16H24ClN3O4. The second kappa shape index (κ2) is 8.75. The topological polar surface area (TPSA) is 117 Å². The predicted octanol–water partition coefficient (Wildman–Crippen LogP) is 1.58. The first-order valence-corrected chi connectivity index (χ1v) is 7.64. The van der Waals surface area contributed by atoms with Gasteiger partial charge in [0.2, 0.25) is 5.91 Å². The molecule has 1 aromatic carbocycles. The van der Waals surface area contributed by atoms with E-state index in [9.17, 15) is 9.59 Å². The Morgan fingerprint density at radius 1 is 1.21 bits per heavy atom. The first kappa shape index (κ1) is 20.1. The molecule has 0 unspecified atom stereocenters. The number of hydrogen-bond acceptors (Lipinski definition) is 5. The molecule has 0 radical (unpaired) electrons. The summed E-state index contributed by atoms with van der Waals surface area (Å²) in [6.07, 6.45) is 4.39. The van der Waals surface area contributed by atoms with E-state index in [0.29, 0.717) is 30.0 Å². The number of amides is 2. The Kier molecular flexibility index (Phi) is 7.31. The van der Waals surface area contributed by atoms with Gasteiger partial charge in [-0.1, -0.05) is 19.3 Å². The van der Waals surface area contributed by atoms with Gasteiger partial charge in [0.25, 0.3) is 5.91 Å². The van der Waals surface area contributed by atoms with Gasteiger partial charge in [-0.15, -0.1) is 12.4 Å². The highest BCUT2D eigenvalue weighted by molar-refractivity contribution is 5.98. The van der Waals surface area contributed by atoms with E-state index in [2.05, 4.69) is 5.32 Å². The minimum atomic E-state index is -0.827. The summed E-state index contributed by atoms with van der Waals surface area (Å²) in [6.45, 7) is -0.269. The first-order valence-electron chi connectivity index (χ1n) is 7.64. The molecule has 1 aliphatic rings. The Hall–Kier alpha value is -1.99. The lowest BCUT2D eigenvalue weighted by Gasteiger charge is -2.31. The van der Waals surface area contributed by atoms with Crippen LogP contribution >= 0.6 is 12.4 Å². The van der Waals surface area contributed by atoms with Crippen LogP contribution in [0.15, 0.2) is 18.2 Å². The molecule has 134 valence electrons. The van der Waals surface area contributed by atoms with Gasteiger partial charge < -0.3 is 26.3 Å². The Morgan fingerprint density at radius 3 is 2.46 bits per heavy atom. The molecule has 5 N–H and O–H groups in total. The van der Waals surface area contributed by atoms with Gasteiger partial charge in [0.05, 0.1) is 12.6 Å². The number of nitrogens with one attached hydrogen (secondary N) is 1. The van der Waals surface area contributed by atoms with Crippen LogP contribution in [0, 0.1) is 0 Å². The molecule has 1 saturated carbocycles. The first-order chi connectivity index (χ1) is 10.9. The van der Waals surface area contributed by atoms with Crippen LogP contribution in [0.4, 0.5) is 5.69 Å².